The van der Waals surface area contributed by atoms with Crippen molar-refractivity contribution in [3.8, 4) is 0 Å². The van der Waals surface area contributed by atoms with Crippen LogP contribution in [0.5, 0.6) is 0 Å². The van der Waals surface area contributed by atoms with Gasteiger partial charge in [-0.25, -0.2) is 9.97 Å². The van der Waals surface area contributed by atoms with E-state index in [4.69, 9.17) is 22.7 Å². The number of hydrogen-bond donors (Lipinski definition) is 0. The van der Waals surface area contributed by atoms with Crippen LogP contribution in [-0.2, 0) is 50.3 Å². The van der Waals surface area contributed by atoms with Gasteiger partial charge in [0.2, 0.25) is 0 Å². The molecule has 0 bridgehead atoms. The van der Waals surface area contributed by atoms with Gasteiger partial charge >= 0.3 is 0 Å². The van der Waals surface area contributed by atoms with Crippen molar-refractivity contribution < 1.29 is 17.7 Å². The first-order valence-electron chi connectivity index (χ1n) is 43.2. The normalized spacial score (nSPS) is 16.9. The van der Waals surface area contributed by atoms with E-state index in [2.05, 4.69) is 408 Å². The van der Waals surface area contributed by atoms with Crippen LogP contribution < -0.4 is 19.6 Å². The fourth-order valence-corrected chi connectivity index (χ4v) is 20.7. The molecule has 0 amide bonds. The lowest BCUT2D eigenvalue weighted by molar-refractivity contribution is 0.140. The molecule has 0 aliphatic carbocycles. The van der Waals surface area contributed by atoms with Crippen molar-refractivity contribution >= 4 is 132 Å². The molecule has 4 aliphatic rings. The van der Waals surface area contributed by atoms with Crippen LogP contribution in [0.1, 0.15) is 128 Å². The second-order valence-corrected chi connectivity index (χ2v) is 36.0. The van der Waals surface area contributed by atoms with Crippen LogP contribution in [0.2, 0.25) is 0 Å². The first kappa shape index (κ1) is 80.0. The van der Waals surface area contributed by atoms with E-state index < -0.39 is 0 Å². The quantitative estimate of drug-likeness (QED) is 0.115. The molecular formula is C106H110N14O4. The van der Waals surface area contributed by atoms with Gasteiger partial charge in [-0.1, -0.05) is 152 Å². The Balaban J connectivity index is 0.000000109. The minimum atomic E-state index is -0.311. The molecule has 0 saturated heterocycles. The molecule has 8 aromatic heterocycles. The van der Waals surface area contributed by atoms with Gasteiger partial charge in [-0.2, -0.15) is 0 Å². The summed E-state index contributed by atoms with van der Waals surface area (Å²) in [6.07, 6.45) is 24.0. The van der Waals surface area contributed by atoms with E-state index in [1.807, 2.05) is 74.0 Å². The van der Waals surface area contributed by atoms with Gasteiger partial charge in [0.25, 0.3) is 0 Å². The Kier molecular flexibility index (Phi) is 19.4. The van der Waals surface area contributed by atoms with Crippen LogP contribution in [0, 0.1) is 27.7 Å². The standard InChI is InChI=1S/C29H29N3O.C28H28N4O.C25H27N3O.C24H26N4O/c1-19-14-15-23-22-11-7-9-13-25(22)33-28(23)27(19)31-16-17-32(20(31)2)29(3,4)26-18-21-10-6-8-12-24(21)30(26)5;1-18-14-15-21-20-10-6-9-13-24(20)33-26(21)25(18)31-16-17-32(19(31)2)28(3,4)27-29-22-11-7-8-12-23(22)30(27)5;1-17-12-13-20-19-9-6-7-10-21(19)29-24(20)23(17)27-15-16-28(18(27)2)25(3,4)22-11-8-14-26(22)5;1-16-10-11-19-18-8-6-7-9-20(18)29-22(19)21(16)27-14-15-28(17(27)2)24(3,4)23-25-12-13-26(23)5/h6-18,20H,1-5H3;6-17,19H,1-5H3;6-16,18H,1-5H3;6-15,17H,1-5H3/t20-;19-;18-;17-/m1111/s1. The third-order valence-electron chi connectivity index (χ3n) is 27.1. The van der Waals surface area contributed by atoms with Crippen molar-refractivity contribution in [3.05, 3.63) is 326 Å². The molecule has 0 fully saturated rings. The van der Waals surface area contributed by atoms with E-state index in [-0.39, 0.29) is 46.8 Å². The molecule has 4 aliphatic heterocycles. The number of anilines is 4. The Morgan fingerprint density at radius 3 is 0.992 bits per heavy atom. The second-order valence-electron chi connectivity index (χ2n) is 36.0. The number of fused-ring (bicyclic) bond motifs is 14. The maximum Gasteiger partial charge on any atom is 0.159 e. The zero-order valence-electron chi connectivity index (χ0n) is 74.8. The molecule has 0 N–H and O–H groups in total. The summed E-state index contributed by atoms with van der Waals surface area (Å²) >= 11 is 0. The molecule has 0 unspecified atom stereocenters. The number of benzene rings is 10. The summed E-state index contributed by atoms with van der Waals surface area (Å²) in [6, 6.07) is 74.1. The largest absolute Gasteiger partial charge is 0.454 e. The summed E-state index contributed by atoms with van der Waals surface area (Å²) in [4.78, 5) is 28.6. The maximum atomic E-state index is 6.39. The Labute approximate surface area is 724 Å². The first-order valence-corrected chi connectivity index (χ1v) is 43.2. The van der Waals surface area contributed by atoms with Crippen molar-refractivity contribution in [2.24, 2.45) is 28.2 Å². The number of aromatic nitrogens is 6. The van der Waals surface area contributed by atoms with Crippen molar-refractivity contribution in [2.45, 2.75) is 158 Å². The van der Waals surface area contributed by atoms with Crippen LogP contribution in [-0.4, -0.2) is 72.5 Å². The molecule has 0 saturated carbocycles. The summed E-state index contributed by atoms with van der Waals surface area (Å²) in [5, 5.41) is 10.6. The average molecular weight is 1640 g/mol. The number of furan rings is 4. The predicted octanol–water partition coefficient (Wildman–Crippen LogP) is 25.5. The molecule has 628 valence electrons. The average Bonchev–Trinajstić information content (AvgIpc) is 1.60. The number of imidazole rings is 2. The molecule has 0 radical (unpaired) electrons. The van der Waals surface area contributed by atoms with Crippen molar-refractivity contribution in [2.75, 3.05) is 19.6 Å². The smallest absolute Gasteiger partial charge is 0.159 e. The lowest BCUT2D eigenvalue weighted by Gasteiger charge is -2.42. The highest BCUT2D eigenvalue weighted by Crippen LogP contribution is 2.49. The Morgan fingerprint density at radius 2 is 0.637 bits per heavy atom. The van der Waals surface area contributed by atoms with E-state index in [9.17, 15) is 0 Å². The fourth-order valence-electron chi connectivity index (χ4n) is 20.7. The molecule has 10 aromatic carbocycles. The van der Waals surface area contributed by atoms with E-state index in [1.54, 1.807) is 0 Å². The highest BCUT2D eigenvalue weighted by atomic mass is 16.3. The van der Waals surface area contributed by atoms with E-state index in [0.717, 1.165) is 122 Å². The number of para-hydroxylation sites is 7. The molecule has 18 aromatic rings. The van der Waals surface area contributed by atoms with Gasteiger partial charge in [0.1, 0.15) is 58.6 Å². The molecule has 0 spiro atoms. The number of aryl methyl sites for hydroxylation is 8. The summed E-state index contributed by atoms with van der Waals surface area (Å²) < 4.78 is 34.3. The monoisotopic (exact) mass is 1640 g/mol. The van der Waals surface area contributed by atoms with E-state index in [1.165, 1.54) is 55.3 Å². The summed E-state index contributed by atoms with van der Waals surface area (Å²) in [7, 11) is 8.43. The third kappa shape index (κ3) is 12.8. The highest BCUT2D eigenvalue weighted by Gasteiger charge is 2.44. The molecular weight excluding hydrogens is 1530 g/mol. The van der Waals surface area contributed by atoms with Gasteiger partial charge in [-0.05, 0) is 199 Å². The van der Waals surface area contributed by atoms with Gasteiger partial charge in [0.05, 0.1) is 55.9 Å². The third-order valence-corrected chi connectivity index (χ3v) is 27.1. The van der Waals surface area contributed by atoms with Crippen molar-refractivity contribution in [3.63, 3.8) is 0 Å². The summed E-state index contributed by atoms with van der Waals surface area (Å²) in [5.41, 5.74) is 22.0. The number of rotatable bonds is 12. The Morgan fingerprint density at radius 1 is 0.298 bits per heavy atom. The molecule has 124 heavy (non-hydrogen) atoms. The summed E-state index contributed by atoms with van der Waals surface area (Å²) in [6.45, 7) is 35.7. The second kappa shape index (κ2) is 30.1. The van der Waals surface area contributed by atoms with Gasteiger partial charge in [0, 0.05) is 156 Å². The topological polar surface area (TPSA) is 124 Å². The maximum absolute atomic E-state index is 6.39. The van der Waals surface area contributed by atoms with Crippen LogP contribution in [0.25, 0.3) is 110 Å². The van der Waals surface area contributed by atoms with Gasteiger partial charge in [-0.15, -0.1) is 0 Å². The van der Waals surface area contributed by atoms with Crippen molar-refractivity contribution in [1.29, 1.82) is 0 Å². The minimum absolute atomic E-state index is 0.0947. The van der Waals surface area contributed by atoms with Crippen LogP contribution in [0.3, 0.4) is 0 Å². The van der Waals surface area contributed by atoms with Crippen LogP contribution in [0.15, 0.2) is 298 Å². The predicted molar refractivity (Wildman–Crippen MR) is 510 cm³/mol. The Hall–Kier alpha value is -13.7. The summed E-state index contributed by atoms with van der Waals surface area (Å²) in [5.74, 6) is 2.08. The van der Waals surface area contributed by atoms with Crippen molar-refractivity contribution in [1.82, 2.24) is 47.8 Å². The SMILES string of the molecule is Cc1ccc2c(oc3ccccc32)c1N1C=CN(C(C)(C)c2cc3ccccc3n2C)[C@@H]1C.Cc1ccc2c(oc3ccccc32)c1N1C=CN(C(C)(C)c2cccn2C)[C@@H]1C.Cc1ccc2c(oc3ccccc32)c1N1C=CN(C(C)(C)c2nc3ccccc3n2C)[C@@H]1C.Cc1ccc2c(oc3ccccc32)c1N1C=CN(C(C)(C)c2nccn2C)[C@@H]1C. The molecule has 4 atom stereocenters. The van der Waals surface area contributed by atoms with Crippen LogP contribution in [0.4, 0.5) is 22.7 Å². The van der Waals surface area contributed by atoms with E-state index in [0.29, 0.717) is 0 Å². The molecule has 22 rings (SSSR count). The molecule has 12 heterocycles. The van der Waals surface area contributed by atoms with Gasteiger partial charge < -0.3 is 75.1 Å². The number of hydrogen-bond acceptors (Lipinski definition) is 14. The van der Waals surface area contributed by atoms with Crippen LogP contribution >= 0.6 is 0 Å². The zero-order chi connectivity index (χ0) is 86.5. The molecule has 18 heteroatoms. The van der Waals surface area contributed by atoms with E-state index >= 15 is 0 Å². The van der Waals surface area contributed by atoms with Gasteiger partial charge in [0.15, 0.2) is 22.3 Å². The lowest BCUT2D eigenvalue weighted by atomic mass is 9.97. The van der Waals surface area contributed by atoms with Gasteiger partial charge in [-0.3, -0.25) is 0 Å². The minimum Gasteiger partial charge on any atom is -0.454 e. The highest BCUT2D eigenvalue weighted by molar-refractivity contribution is 6.13. The zero-order valence-corrected chi connectivity index (χ0v) is 74.8. The lowest BCUT2D eigenvalue weighted by Crippen LogP contribution is -2.47. The molecule has 18 nitrogen and oxygen atoms in total. The first-order chi connectivity index (χ1) is 59.5. The number of nitrogens with zero attached hydrogens (tertiary/aromatic N) is 14. The Bertz CT molecular complexity index is 6890. The fraction of sp³-hybridized carbons (Fsp3) is 0.264.